The Balaban J connectivity index is 3.04. The predicted octanol–water partition coefficient (Wildman–Crippen LogP) is 0.978. The third kappa shape index (κ3) is 1.60. The molecular weight excluding hydrogens is 167 g/mol. The summed E-state index contributed by atoms with van der Waals surface area (Å²) in [4.78, 5) is 13.7. The van der Waals surface area contributed by atoms with Gasteiger partial charge in [-0.1, -0.05) is 6.07 Å². The molecule has 0 aromatic heterocycles. The molecule has 1 rings (SSSR count). The quantitative estimate of drug-likeness (QED) is 0.409. The highest BCUT2D eigenvalue weighted by Crippen LogP contribution is 2.24. The number of hydrogen-bond acceptors (Lipinski definition) is 4. The van der Waals surface area contributed by atoms with Crippen molar-refractivity contribution in [1.82, 2.24) is 0 Å². The summed E-state index contributed by atoms with van der Waals surface area (Å²) in [6.07, 6.45) is 0. The maximum atomic E-state index is 12.7. The second kappa shape index (κ2) is 3.04. The molecule has 64 valence electrons. The molecule has 5 nitrogen and oxygen atoms in total. The van der Waals surface area contributed by atoms with Crippen LogP contribution in [0.5, 0.6) is 5.75 Å². The molecule has 0 saturated carbocycles. The summed E-state index contributed by atoms with van der Waals surface area (Å²) in [5.41, 5.74) is 5.10. The van der Waals surface area contributed by atoms with Crippen molar-refractivity contribution >= 4 is 5.69 Å². The van der Waals surface area contributed by atoms with Crippen LogP contribution in [0.3, 0.4) is 0 Å². The van der Waals surface area contributed by atoms with Crippen molar-refractivity contribution in [2.24, 2.45) is 0 Å². The van der Waals surface area contributed by atoms with E-state index in [4.69, 9.17) is 5.73 Å². The molecule has 2 N–H and O–H groups in total. The first-order valence-corrected chi connectivity index (χ1v) is 2.97. The Bertz CT molecular complexity index is 295. The van der Waals surface area contributed by atoms with Crippen LogP contribution in [0.4, 0.5) is 10.1 Å². The Labute approximate surface area is 66.7 Å². The minimum atomic E-state index is -1.12. The van der Waals surface area contributed by atoms with Crippen LogP contribution in [-0.2, 0) is 0 Å². The van der Waals surface area contributed by atoms with Crippen molar-refractivity contribution in [2.75, 3.05) is 5.73 Å². The van der Waals surface area contributed by atoms with Gasteiger partial charge in [0.1, 0.15) is 0 Å². The van der Waals surface area contributed by atoms with E-state index >= 15 is 0 Å². The fourth-order valence-electron chi connectivity index (χ4n) is 0.696. The number of benzene rings is 1. The minimum Gasteiger partial charge on any atom is -0.397 e. The van der Waals surface area contributed by atoms with Gasteiger partial charge < -0.3 is 5.73 Å². The molecular formula is C6H5FN2O3. The highest BCUT2D eigenvalue weighted by molar-refractivity contribution is 5.52. The molecule has 0 aliphatic carbocycles. The van der Waals surface area contributed by atoms with E-state index in [2.05, 4.69) is 4.84 Å². The minimum absolute atomic E-state index is 0.105. The van der Waals surface area contributed by atoms with Crippen LogP contribution < -0.4 is 10.6 Å². The first-order valence-electron chi connectivity index (χ1n) is 2.97. The monoisotopic (exact) mass is 172 g/mol. The number of anilines is 1. The second-order valence-corrected chi connectivity index (χ2v) is 1.97. The van der Waals surface area contributed by atoms with Crippen LogP contribution in [0.2, 0.25) is 0 Å². The number of para-hydroxylation sites is 1. The Morgan fingerprint density at radius 3 is 2.75 bits per heavy atom. The molecule has 1 aromatic carbocycles. The van der Waals surface area contributed by atoms with Crippen LogP contribution >= 0.6 is 0 Å². The average molecular weight is 172 g/mol. The fourth-order valence-corrected chi connectivity index (χ4v) is 0.696. The van der Waals surface area contributed by atoms with Gasteiger partial charge in [0.25, 0.3) is 5.09 Å². The lowest BCUT2D eigenvalue weighted by Crippen LogP contribution is -2.07. The van der Waals surface area contributed by atoms with E-state index in [0.29, 0.717) is 0 Å². The van der Waals surface area contributed by atoms with Gasteiger partial charge >= 0.3 is 0 Å². The summed E-state index contributed by atoms with van der Waals surface area (Å²) in [7, 11) is 0. The van der Waals surface area contributed by atoms with Gasteiger partial charge in [0.05, 0.1) is 5.69 Å². The summed E-state index contributed by atoms with van der Waals surface area (Å²) in [6, 6.07) is 3.66. The van der Waals surface area contributed by atoms with Crippen LogP contribution in [0.15, 0.2) is 18.2 Å². The molecule has 0 heterocycles. The van der Waals surface area contributed by atoms with E-state index in [1.54, 1.807) is 0 Å². The lowest BCUT2D eigenvalue weighted by Gasteiger charge is -2.02. The van der Waals surface area contributed by atoms with Gasteiger partial charge in [-0.3, -0.25) is 4.84 Å². The Morgan fingerprint density at radius 2 is 2.25 bits per heavy atom. The molecule has 0 bridgehead atoms. The standard InChI is InChI=1S/C6H5FN2O3/c7-4-2-1-3-5(8)6(4)12-9(10)11/h1-3H,8H2. The van der Waals surface area contributed by atoms with Crippen molar-refractivity contribution in [1.29, 1.82) is 0 Å². The first kappa shape index (κ1) is 8.25. The van der Waals surface area contributed by atoms with Crippen molar-refractivity contribution in [3.05, 3.63) is 34.1 Å². The number of rotatable bonds is 2. The van der Waals surface area contributed by atoms with Crippen molar-refractivity contribution in [3.63, 3.8) is 0 Å². The summed E-state index contributed by atoms with van der Waals surface area (Å²) in [6.45, 7) is 0. The average Bonchev–Trinajstić information content (AvgIpc) is 1.97. The Hall–Kier alpha value is -1.85. The molecule has 0 saturated heterocycles. The lowest BCUT2D eigenvalue weighted by molar-refractivity contribution is -0.711. The largest absolute Gasteiger partial charge is 0.397 e. The highest BCUT2D eigenvalue weighted by atomic mass is 19.1. The van der Waals surface area contributed by atoms with Gasteiger partial charge in [0.15, 0.2) is 11.6 Å². The summed E-state index contributed by atoms with van der Waals surface area (Å²) < 4.78 is 12.7. The van der Waals surface area contributed by atoms with Gasteiger partial charge in [-0.15, -0.1) is 10.1 Å². The van der Waals surface area contributed by atoms with Crippen LogP contribution in [0, 0.1) is 15.9 Å². The molecule has 0 fully saturated rings. The topological polar surface area (TPSA) is 78.4 Å². The van der Waals surface area contributed by atoms with Crippen molar-refractivity contribution in [2.45, 2.75) is 0 Å². The van der Waals surface area contributed by atoms with Crippen LogP contribution in [0.25, 0.3) is 0 Å². The predicted molar refractivity (Wildman–Crippen MR) is 38.4 cm³/mol. The van der Waals surface area contributed by atoms with Crippen LogP contribution in [-0.4, -0.2) is 5.09 Å². The highest BCUT2D eigenvalue weighted by Gasteiger charge is 2.09. The molecule has 12 heavy (non-hydrogen) atoms. The van der Waals surface area contributed by atoms with Gasteiger partial charge in [0.2, 0.25) is 0 Å². The van der Waals surface area contributed by atoms with Gasteiger partial charge in [-0.25, -0.2) is 4.39 Å². The smallest absolute Gasteiger partial charge is 0.299 e. The van der Waals surface area contributed by atoms with Crippen molar-refractivity contribution < 1.29 is 14.3 Å². The van der Waals surface area contributed by atoms with E-state index in [1.165, 1.54) is 12.1 Å². The molecule has 0 spiro atoms. The van der Waals surface area contributed by atoms with Gasteiger partial charge in [-0.2, -0.15) is 0 Å². The third-order valence-corrected chi connectivity index (χ3v) is 1.16. The molecule has 0 aliphatic rings. The summed E-state index contributed by atoms with van der Waals surface area (Å²) >= 11 is 0. The Morgan fingerprint density at radius 1 is 1.58 bits per heavy atom. The molecule has 6 heteroatoms. The zero-order valence-electron chi connectivity index (χ0n) is 5.86. The molecule has 0 atom stereocenters. The molecule has 0 amide bonds. The molecule has 0 aliphatic heterocycles. The normalized spacial score (nSPS) is 9.42. The first-order chi connectivity index (χ1) is 5.61. The lowest BCUT2D eigenvalue weighted by atomic mass is 10.3. The summed E-state index contributed by atoms with van der Waals surface area (Å²) in [5, 5.41) is 8.72. The summed E-state index contributed by atoms with van der Waals surface area (Å²) in [5.74, 6) is -1.41. The second-order valence-electron chi connectivity index (χ2n) is 1.97. The third-order valence-electron chi connectivity index (χ3n) is 1.16. The van der Waals surface area contributed by atoms with E-state index in [0.717, 1.165) is 6.07 Å². The maximum Gasteiger partial charge on any atom is 0.299 e. The van der Waals surface area contributed by atoms with Gasteiger partial charge in [0, 0.05) is 0 Å². The van der Waals surface area contributed by atoms with E-state index in [-0.39, 0.29) is 5.69 Å². The molecule has 1 aromatic rings. The fraction of sp³-hybridized carbons (Fsp3) is 0. The zero-order valence-corrected chi connectivity index (χ0v) is 5.86. The number of hydrogen-bond donors (Lipinski definition) is 1. The molecule has 0 unspecified atom stereocenters. The van der Waals surface area contributed by atoms with Crippen molar-refractivity contribution in [3.8, 4) is 5.75 Å². The number of halogens is 1. The van der Waals surface area contributed by atoms with Crippen LogP contribution in [0.1, 0.15) is 0 Å². The maximum absolute atomic E-state index is 12.7. The Kier molecular flexibility index (Phi) is 2.09. The zero-order chi connectivity index (χ0) is 9.14. The van der Waals surface area contributed by atoms with E-state index in [1.807, 2.05) is 0 Å². The SMILES string of the molecule is Nc1cccc(F)c1O[N+](=O)[O-]. The number of nitrogens with zero attached hydrogens (tertiary/aromatic N) is 1. The number of nitrogen functional groups attached to an aromatic ring is 1. The molecule has 0 radical (unpaired) electrons. The number of nitrogens with two attached hydrogens (primary N) is 1. The van der Waals surface area contributed by atoms with E-state index < -0.39 is 16.7 Å². The van der Waals surface area contributed by atoms with E-state index in [9.17, 15) is 14.5 Å². The van der Waals surface area contributed by atoms with Gasteiger partial charge in [-0.05, 0) is 12.1 Å².